The number of carbonyl (C=O) groups is 3. The SMILES string of the molecule is CN1C(=O)Cc2ccc(C(=O)C(F)(F)F)cc2C1=O. The highest BCUT2D eigenvalue weighted by Gasteiger charge is 2.40. The van der Waals surface area contributed by atoms with Crippen LogP contribution in [0.4, 0.5) is 13.2 Å². The number of amides is 2. The molecule has 0 fully saturated rings. The Morgan fingerprint density at radius 1 is 1.26 bits per heavy atom. The predicted molar refractivity (Wildman–Crippen MR) is 57.6 cm³/mol. The monoisotopic (exact) mass is 271 g/mol. The Labute approximate surface area is 105 Å². The van der Waals surface area contributed by atoms with Gasteiger partial charge in [-0.1, -0.05) is 12.1 Å². The summed E-state index contributed by atoms with van der Waals surface area (Å²) >= 11 is 0. The third-order valence-electron chi connectivity index (χ3n) is 2.88. The maximum atomic E-state index is 12.3. The molecule has 19 heavy (non-hydrogen) atoms. The van der Waals surface area contributed by atoms with Crippen LogP contribution in [0.1, 0.15) is 26.3 Å². The normalized spacial score (nSPS) is 15.5. The summed E-state index contributed by atoms with van der Waals surface area (Å²) in [6.45, 7) is 0. The maximum absolute atomic E-state index is 12.3. The highest BCUT2D eigenvalue weighted by Crippen LogP contribution is 2.25. The van der Waals surface area contributed by atoms with E-state index in [0.717, 1.165) is 17.0 Å². The summed E-state index contributed by atoms with van der Waals surface area (Å²) in [6, 6.07) is 3.06. The molecule has 2 rings (SSSR count). The minimum Gasteiger partial charge on any atom is -0.284 e. The van der Waals surface area contributed by atoms with Gasteiger partial charge in [-0.25, -0.2) is 0 Å². The van der Waals surface area contributed by atoms with Gasteiger partial charge in [0, 0.05) is 18.2 Å². The molecule has 4 nitrogen and oxygen atoms in total. The number of ketones is 1. The van der Waals surface area contributed by atoms with Crippen LogP contribution in [0, 0.1) is 0 Å². The molecule has 1 aromatic carbocycles. The third-order valence-corrected chi connectivity index (χ3v) is 2.88. The second-order valence-electron chi connectivity index (χ2n) is 4.13. The van der Waals surface area contributed by atoms with Crippen molar-refractivity contribution in [1.29, 1.82) is 0 Å². The largest absolute Gasteiger partial charge is 0.454 e. The average Bonchev–Trinajstić information content (AvgIpc) is 2.34. The summed E-state index contributed by atoms with van der Waals surface area (Å²) in [4.78, 5) is 35.1. The predicted octanol–water partition coefficient (Wildman–Crippen LogP) is 1.59. The summed E-state index contributed by atoms with van der Waals surface area (Å²) in [5.74, 6) is -3.15. The minimum atomic E-state index is -4.99. The molecule has 0 saturated carbocycles. The van der Waals surface area contributed by atoms with Gasteiger partial charge in [-0.3, -0.25) is 19.3 Å². The van der Waals surface area contributed by atoms with Crippen molar-refractivity contribution in [1.82, 2.24) is 4.90 Å². The first kappa shape index (κ1) is 13.3. The Bertz CT molecular complexity index is 592. The molecule has 7 heteroatoms. The number of halogens is 3. The number of likely N-dealkylation sites (N-methyl/N-ethyl adjacent to an activating group) is 1. The van der Waals surface area contributed by atoms with Crippen molar-refractivity contribution in [3.05, 3.63) is 34.9 Å². The van der Waals surface area contributed by atoms with E-state index in [1.54, 1.807) is 0 Å². The quantitative estimate of drug-likeness (QED) is 0.575. The van der Waals surface area contributed by atoms with Crippen molar-refractivity contribution in [3.8, 4) is 0 Å². The van der Waals surface area contributed by atoms with Gasteiger partial charge in [0.15, 0.2) is 0 Å². The summed E-state index contributed by atoms with van der Waals surface area (Å²) in [6.07, 6.45) is -5.06. The fraction of sp³-hybridized carbons (Fsp3) is 0.250. The number of imide groups is 1. The van der Waals surface area contributed by atoms with E-state index in [4.69, 9.17) is 0 Å². The molecule has 0 N–H and O–H groups in total. The molecule has 1 aliphatic rings. The zero-order valence-corrected chi connectivity index (χ0v) is 9.75. The first-order valence-corrected chi connectivity index (χ1v) is 5.27. The van der Waals surface area contributed by atoms with Crippen molar-refractivity contribution in [2.45, 2.75) is 12.6 Å². The van der Waals surface area contributed by atoms with E-state index in [2.05, 4.69) is 0 Å². The third kappa shape index (κ3) is 2.23. The smallest absolute Gasteiger partial charge is 0.284 e. The van der Waals surface area contributed by atoms with Crippen LogP contribution in [0.3, 0.4) is 0 Å². The molecule has 100 valence electrons. The second kappa shape index (κ2) is 4.18. The molecule has 0 saturated heterocycles. The van der Waals surface area contributed by atoms with Gasteiger partial charge < -0.3 is 0 Å². The van der Waals surface area contributed by atoms with Crippen molar-refractivity contribution in [2.24, 2.45) is 0 Å². The standard InChI is InChI=1S/C12H8F3NO3/c1-16-9(17)5-6-2-3-7(4-8(6)11(16)19)10(18)12(13,14)15/h2-4H,5H2,1H3. The number of hydrogen-bond acceptors (Lipinski definition) is 3. The zero-order chi connectivity index (χ0) is 14.4. The van der Waals surface area contributed by atoms with Crippen LogP contribution in [0.25, 0.3) is 0 Å². The molecule has 0 bridgehead atoms. The molecule has 0 aliphatic carbocycles. The Hall–Kier alpha value is -2.18. The van der Waals surface area contributed by atoms with Crippen LogP contribution in [-0.2, 0) is 11.2 Å². The fourth-order valence-corrected chi connectivity index (χ4v) is 1.81. The first-order valence-electron chi connectivity index (χ1n) is 5.27. The van der Waals surface area contributed by atoms with Gasteiger partial charge in [0.25, 0.3) is 11.7 Å². The van der Waals surface area contributed by atoms with Crippen LogP contribution in [0.2, 0.25) is 0 Å². The lowest BCUT2D eigenvalue weighted by Crippen LogP contribution is -2.39. The molecular formula is C12H8F3NO3. The maximum Gasteiger partial charge on any atom is 0.454 e. The van der Waals surface area contributed by atoms with Crippen LogP contribution >= 0.6 is 0 Å². The first-order chi connectivity index (χ1) is 8.71. The van der Waals surface area contributed by atoms with Crippen molar-refractivity contribution in [2.75, 3.05) is 7.05 Å². The van der Waals surface area contributed by atoms with Crippen LogP contribution in [-0.4, -0.2) is 35.7 Å². The van der Waals surface area contributed by atoms with E-state index in [1.165, 1.54) is 13.1 Å². The highest BCUT2D eigenvalue weighted by molar-refractivity contribution is 6.11. The number of benzene rings is 1. The zero-order valence-electron chi connectivity index (χ0n) is 9.75. The molecule has 1 aliphatic heterocycles. The lowest BCUT2D eigenvalue weighted by molar-refractivity contribution is -0.127. The molecule has 0 radical (unpaired) electrons. The van der Waals surface area contributed by atoms with Crippen molar-refractivity contribution in [3.63, 3.8) is 0 Å². The molecule has 0 spiro atoms. The molecular weight excluding hydrogens is 263 g/mol. The van der Waals surface area contributed by atoms with E-state index in [9.17, 15) is 27.6 Å². The lowest BCUT2D eigenvalue weighted by atomic mass is 9.95. The van der Waals surface area contributed by atoms with Gasteiger partial charge in [-0.05, 0) is 11.6 Å². The summed E-state index contributed by atoms with van der Waals surface area (Å²) in [5.41, 5.74) is -0.327. The number of fused-ring (bicyclic) bond motifs is 1. The topological polar surface area (TPSA) is 54.5 Å². The lowest BCUT2D eigenvalue weighted by Gasteiger charge is -2.23. The molecule has 1 aromatic rings. The van der Waals surface area contributed by atoms with Gasteiger partial charge >= 0.3 is 6.18 Å². The van der Waals surface area contributed by atoms with E-state index in [-0.39, 0.29) is 12.0 Å². The number of alkyl halides is 3. The Balaban J connectivity index is 2.48. The molecule has 1 heterocycles. The summed E-state index contributed by atoms with van der Waals surface area (Å²) in [5, 5.41) is 0. The molecule has 2 amide bonds. The number of hydrogen-bond donors (Lipinski definition) is 0. The van der Waals surface area contributed by atoms with Crippen molar-refractivity contribution < 1.29 is 27.6 Å². The number of carbonyl (C=O) groups excluding carboxylic acids is 3. The molecule has 0 unspecified atom stereocenters. The van der Waals surface area contributed by atoms with Crippen LogP contribution < -0.4 is 0 Å². The van der Waals surface area contributed by atoms with Gasteiger partial charge in [-0.15, -0.1) is 0 Å². The van der Waals surface area contributed by atoms with Gasteiger partial charge in [0.1, 0.15) is 0 Å². The van der Waals surface area contributed by atoms with Crippen LogP contribution in [0.15, 0.2) is 18.2 Å². The average molecular weight is 271 g/mol. The Morgan fingerprint density at radius 3 is 2.47 bits per heavy atom. The van der Waals surface area contributed by atoms with Gasteiger partial charge in [0.05, 0.1) is 6.42 Å². The van der Waals surface area contributed by atoms with Crippen LogP contribution in [0.5, 0.6) is 0 Å². The minimum absolute atomic E-state index is 0.0443. The Kier molecular flexibility index (Phi) is 2.92. The molecule has 0 atom stereocenters. The van der Waals surface area contributed by atoms with E-state index in [1.807, 2.05) is 0 Å². The van der Waals surface area contributed by atoms with Gasteiger partial charge in [-0.2, -0.15) is 13.2 Å². The van der Waals surface area contributed by atoms with E-state index < -0.39 is 29.3 Å². The van der Waals surface area contributed by atoms with Crippen molar-refractivity contribution >= 4 is 17.6 Å². The van der Waals surface area contributed by atoms with E-state index >= 15 is 0 Å². The number of Topliss-reactive ketones (excluding diaryl/α,β-unsaturated/α-hetero) is 1. The number of nitrogens with zero attached hydrogens (tertiary/aromatic N) is 1. The second-order valence-corrected chi connectivity index (χ2v) is 4.13. The number of rotatable bonds is 1. The summed E-state index contributed by atoms with van der Waals surface area (Å²) in [7, 11) is 1.24. The van der Waals surface area contributed by atoms with Gasteiger partial charge in [0.2, 0.25) is 5.91 Å². The fourth-order valence-electron chi connectivity index (χ4n) is 1.81. The molecule has 0 aromatic heterocycles. The van der Waals surface area contributed by atoms with E-state index in [0.29, 0.717) is 5.56 Å². The summed E-state index contributed by atoms with van der Waals surface area (Å²) < 4.78 is 36.9. The Morgan fingerprint density at radius 2 is 1.89 bits per heavy atom. The highest BCUT2D eigenvalue weighted by atomic mass is 19.4.